The summed E-state index contributed by atoms with van der Waals surface area (Å²) in [5.74, 6) is -1.03. The monoisotopic (exact) mass is 388 g/mol. The van der Waals surface area contributed by atoms with Crippen molar-refractivity contribution in [3.8, 4) is 0 Å². The lowest BCUT2D eigenvalue weighted by Crippen LogP contribution is -2.58. The number of aliphatic hydroxyl groups excluding tert-OH is 1. The van der Waals surface area contributed by atoms with Crippen LogP contribution in [0.4, 0.5) is 0 Å². The van der Waals surface area contributed by atoms with E-state index in [9.17, 15) is 19.5 Å². The number of carbonyl (C=O) groups is 3. The molecule has 3 fully saturated rings. The number of aliphatic hydroxyl groups is 1. The molecule has 1 heterocycles. The maximum absolute atomic E-state index is 13.8. The Balaban J connectivity index is 1.75. The Morgan fingerprint density at radius 2 is 1.93 bits per heavy atom. The summed E-state index contributed by atoms with van der Waals surface area (Å²) in [6.45, 7) is 7.71. The Morgan fingerprint density at radius 3 is 2.61 bits per heavy atom. The van der Waals surface area contributed by atoms with Crippen molar-refractivity contribution < 1.29 is 29.0 Å². The van der Waals surface area contributed by atoms with Crippen molar-refractivity contribution in [2.45, 2.75) is 71.7 Å². The number of Topliss-reactive ketones (excluding diaryl/α,β-unsaturated/α-hetero) is 2. The quantitative estimate of drug-likeness (QED) is 0.691. The molecule has 4 aliphatic carbocycles. The van der Waals surface area contributed by atoms with E-state index in [0.717, 1.165) is 24.8 Å². The molecule has 2 unspecified atom stereocenters. The number of ketones is 2. The average Bonchev–Trinajstić information content (AvgIpc) is 3.17. The molecule has 0 saturated heterocycles. The second-order valence-corrected chi connectivity index (χ2v) is 10.1. The average molecular weight is 388 g/mol. The van der Waals surface area contributed by atoms with Crippen molar-refractivity contribution in [1.82, 2.24) is 0 Å². The maximum atomic E-state index is 13.8. The molecule has 5 aliphatic rings. The topological polar surface area (TPSA) is 89.9 Å². The molecule has 1 N–H and O–H groups in total. The van der Waals surface area contributed by atoms with E-state index in [1.165, 1.54) is 6.92 Å². The summed E-state index contributed by atoms with van der Waals surface area (Å²) in [6, 6.07) is 0. The van der Waals surface area contributed by atoms with Gasteiger partial charge in [0, 0.05) is 24.8 Å². The van der Waals surface area contributed by atoms with Gasteiger partial charge in [-0.25, -0.2) is 0 Å². The number of esters is 1. The number of hydrogen-bond acceptors (Lipinski definition) is 6. The molecule has 0 aromatic carbocycles. The van der Waals surface area contributed by atoms with Crippen LogP contribution in [0.25, 0.3) is 0 Å². The number of ether oxygens (including phenoxy) is 2. The van der Waals surface area contributed by atoms with Crippen LogP contribution in [0.15, 0.2) is 11.1 Å². The van der Waals surface area contributed by atoms with Crippen molar-refractivity contribution in [1.29, 1.82) is 0 Å². The van der Waals surface area contributed by atoms with Crippen LogP contribution in [0.1, 0.15) is 53.4 Å². The van der Waals surface area contributed by atoms with Gasteiger partial charge >= 0.3 is 5.97 Å². The van der Waals surface area contributed by atoms with Crippen LogP contribution in [0.3, 0.4) is 0 Å². The van der Waals surface area contributed by atoms with Gasteiger partial charge in [0.1, 0.15) is 0 Å². The molecular weight excluding hydrogens is 360 g/mol. The molecule has 6 heteroatoms. The molecular formula is C22H28O6. The first-order valence-corrected chi connectivity index (χ1v) is 10.4. The Labute approximate surface area is 164 Å². The predicted molar refractivity (Wildman–Crippen MR) is 98.1 cm³/mol. The minimum Gasteiger partial charge on any atom is -0.454 e. The first kappa shape index (κ1) is 18.5. The maximum Gasteiger partial charge on any atom is 0.303 e. The first-order valence-electron chi connectivity index (χ1n) is 10.4. The molecule has 8 atom stereocenters. The van der Waals surface area contributed by atoms with Gasteiger partial charge in [-0.15, -0.1) is 0 Å². The van der Waals surface area contributed by atoms with Crippen LogP contribution in [0.2, 0.25) is 0 Å². The molecule has 2 bridgehead atoms. The zero-order valence-corrected chi connectivity index (χ0v) is 16.9. The van der Waals surface area contributed by atoms with E-state index in [1.54, 1.807) is 0 Å². The van der Waals surface area contributed by atoms with Gasteiger partial charge in [-0.05, 0) is 41.6 Å². The fraction of sp³-hybridized carbons (Fsp3) is 0.773. The minimum absolute atomic E-state index is 0.106. The highest BCUT2D eigenvalue weighted by atomic mass is 16.5. The summed E-state index contributed by atoms with van der Waals surface area (Å²) in [7, 11) is 0. The third-order valence-corrected chi connectivity index (χ3v) is 8.98. The molecule has 0 spiro atoms. The Kier molecular flexibility index (Phi) is 3.52. The van der Waals surface area contributed by atoms with Crippen LogP contribution in [0, 0.1) is 28.1 Å². The highest BCUT2D eigenvalue weighted by Gasteiger charge is 2.82. The molecule has 28 heavy (non-hydrogen) atoms. The lowest BCUT2D eigenvalue weighted by Gasteiger charge is -2.45. The Hall–Kier alpha value is -1.53. The zero-order chi connectivity index (χ0) is 20.2. The second kappa shape index (κ2) is 5.33. The zero-order valence-electron chi connectivity index (χ0n) is 16.9. The van der Waals surface area contributed by atoms with Crippen molar-refractivity contribution >= 4 is 17.5 Å². The minimum atomic E-state index is -1.16. The molecule has 0 aromatic heterocycles. The summed E-state index contributed by atoms with van der Waals surface area (Å²) in [5.41, 5.74) is -0.239. The number of hydrogen-bond donors (Lipinski definition) is 1. The Bertz CT molecular complexity index is 844. The van der Waals surface area contributed by atoms with Crippen LogP contribution in [-0.4, -0.2) is 47.6 Å². The molecule has 3 saturated carbocycles. The van der Waals surface area contributed by atoms with E-state index in [0.29, 0.717) is 12.0 Å². The number of rotatable bonds is 1. The van der Waals surface area contributed by atoms with Crippen molar-refractivity contribution in [2.75, 3.05) is 6.61 Å². The molecule has 152 valence electrons. The third-order valence-electron chi connectivity index (χ3n) is 8.98. The van der Waals surface area contributed by atoms with Crippen molar-refractivity contribution in [3.05, 3.63) is 11.1 Å². The smallest absolute Gasteiger partial charge is 0.303 e. The van der Waals surface area contributed by atoms with E-state index < -0.39 is 35.1 Å². The van der Waals surface area contributed by atoms with Gasteiger partial charge in [0.15, 0.2) is 17.7 Å². The molecule has 6 nitrogen and oxygen atoms in total. The lowest BCUT2D eigenvalue weighted by molar-refractivity contribution is -0.170. The van der Waals surface area contributed by atoms with Gasteiger partial charge in [0.2, 0.25) is 0 Å². The van der Waals surface area contributed by atoms with Crippen LogP contribution in [-0.2, 0) is 23.9 Å². The molecule has 0 radical (unpaired) electrons. The largest absolute Gasteiger partial charge is 0.454 e. The summed E-state index contributed by atoms with van der Waals surface area (Å²) in [4.78, 5) is 38.2. The van der Waals surface area contributed by atoms with Crippen LogP contribution in [0.5, 0.6) is 0 Å². The lowest BCUT2D eigenvalue weighted by atomic mass is 9.60. The Morgan fingerprint density at radius 1 is 1.21 bits per heavy atom. The molecule has 5 rings (SSSR count). The van der Waals surface area contributed by atoms with E-state index in [-0.39, 0.29) is 35.4 Å². The fourth-order valence-corrected chi connectivity index (χ4v) is 7.73. The second-order valence-electron chi connectivity index (χ2n) is 10.1. The van der Waals surface area contributed by atoms with Crippen molar-refractivity contribution in [2.24, 2.45) is 28.1 Å². The van der Waals surface area contributed by atoms with E-state index in [1.807, 2.05) is 6.92 Å². The highest BCUT2D eigenvalue weighted by Crippen LogP contribution is 2.74. The summed E-state index contributed by atoms with van der Waals surface area (Å²) < 4.78 is 11.7. The van der Waals surface area contributed by atoms with Gasteiger partial charge in [-0.2, -0.15) is 0 Å². The standard InChI is InChI=1S/C22H28O6/c1-10-14-16(28-11(2)23)18(26)22(17(10)25)19-15-12(9-27-19)13(24)5-6-20(15,3)7-8-21(14,22)4/h10,14,16-17,19,25H,5-9H2,1-4H3/t10-,14?,16+,17-,19-,20-,21+,22?/m0/s1. The molecule has 0 amide bonds. The summed E-state index contributed by atoms with van der Waals surface area (Å²) >= 11 is 0. The van der Waals surface area contributed by atoms with Gasteiger partial charge < -0.3 is 14.6 Å². The van der Waals surface area contributed by atoms with Gasteiger partial charge in [-0.3, -0.25) is 14.4 Å². The van der Waals surface area contributed by atoms with Gasteiger partial charge in [0.05, 0.1) is 24.2 Å². The SMILES string of the molecule is CC(=O)O[C@H]1C(=O)C23[C@H]4OCC5=C4[C@@](C)(CCC5=O)CC[C@]2(C)C1[C@H](C)[C@@H]3O. The van der Waals surface area contributed by atoms with Crippen molar-refractivity contribution in [3.63, 3.8) is 0 Å². The number of carbonyl (C=O) groups excluding carboxylic acids is 3. The summed E-state index contributed by atoms with van der Waals surface area (Å²) in [6.07, 6.45) is 0.517. The molecule has 1 aliphatic heterocycles. The van der Waals surface area contributed by atoms with Crippen LogP contribution < -0.4 is 0 Å². The first-order chi connectivity index (χ1) is 13.1. The highest BCUT2D eigenvalue weighted by molar-refractivity contribution is 6.01. The normalized spacial score (nSPS) is 51.8. The van der Waals surface area contributed by atoms with E-state index >= 15 is 0 Å². The molecule has 0 aromatic rings. The predicted octanol–water partition coefficient (Wildman–Crippen LogP) is 1.98. The van der Waals surface area contributed by atoms with Crippen LogP contribution >= 0.6 is 0 Å². The van der Waals surface area contributed by atoms with E-state index in [4.69, 9.17) is 9.47 Å². The summed E-state index contributed by atoms with van der Waals surface area (Å²) in [5, 5.41) is 11.4. The van der Waals surface area contributed by atoms with Gasteiger partial charge in [0.25, 0.3) is 0 Å². The van der Waals surface area contributed by atoms with Gasteiger partial charge in [-0.1, -0.05) is 20.8 Å². The third kappa shape index (κ3) is 1.76. The fourth-order valence-electron chi connectivity index (χ4n) is 7.73. The van der Waals surface area contributed by atoms with E-state index in [2.05, 4.69) is 13.8 Å².